The zero-order valence-electron chi connectivity index (χ0n) is 24.3. The van der Waals surface area contributed by atoms with E-state index in [4.69, 9.17) is 9.47 Å². The lowest BCUT2D eigenvalue weighted by Crippen LogP contribution is -3.61. The second kappa shape index (κ2) is 18.7. The fourth-order valence-electron chi connectivity index (χ4n) is 4.49. The standard InChI is InChI=1S/C34H41F3INO3/c1-2-3-4-5-6-7-8-9-10-14-20-32(42-33(40)39-30-19-15-16-27(25-30)34(35,36)37)26-41-31-23-21-29(22-24-31)38-28-17-12-11-13-18-28/h11-13,15-19,21-25,32H,2-10,14,20,26H2,1H3/p+1. The van der Waals surface area contributed by atoms with Gasteiger partial charge in [-0.05, 0) is 67.4 Å². The molecule has 0 aliphatic heterocycles. The van der Waals surface area contributed by atoms with E-state index in [9.17, 15) is 18.0 Å². The minimum atomic E-state index is -4.49. The molecule has 4 nitrogen and oxygen atoms in total. The number of rotatable bonds is 18. The van der Waals surface area contributed by atoms with Gasteiger partial charge in [-0.25, -0.2) is 4.79 Å². The topological polar surface area (TPSA) is 47.6 Å². The van der Waals surface area contributed by atoms with Crippen LogP contribution in [0.4, 0.5) is 23.7 Å². The highest BCUT2D eigenvalue weighted by Gasteiger charge is 2.30. The Kier molecular flexibility index (Phi) is 15.0. The Morgan fingerprint density at radius 3 is 2.05 bits per heavy atom. The van der Waals surface area contributed by atoms with Gasteiger partial charge in [0.05, 0.1) is 5.56 Å². The number of ether oxygens (including phenoxy) is 2. The van der Waals surface area contributed by atoms with Crippen LogP contribution in [0.3, 0.4) is 0 Å². The maximum Gasteiger partial charge on any atom is 0.416 e. The van der Waals surface area contributed by atoms with E-state index in [2.05, 4.69) is 36.5 Å². The van der Waals surface area contributed by atoms with Crippen molar-refractivity contribution in [3.05, 3.63) is 91.6 Å². The van der Waals surface area contributed by atoms with Gasteiger partial charge in [0.1, 0.15) is 18.5 Å². The van der Waals surface area contributed by atoms with Crippen molar-refractivity contribution < 1.29 is 48.6 Å². The van der Waals surface area contributed by atoms with Gasteiger partial charge in [-0.3, -0.25) is 5.32 Å². The lowest BCUT2D eigenvalue weighted by Gasteiger charge is -2.19. The predicted molar refractivity (Wildman–Crippen MR) is 158 cm³/mol. The fraction of sp³-hybridized carbons (Fsp3) is 0.441. The highest BCUT2D eigenvalue weighted by Crippen LogP contribution is 2.30. The van der Waals surface area contributed by atoms with Crippen molar-refractivity contribution in [1.29, 1.82) is 0 Å². The number of unbranched alkanes of at least 4 members (excludes halogenated alkanes) is 9. The minimum absolute atomic E-state index is 0.0331. The van der Waals surface area contributed by atoms with E-state index in [1.807, 2.05) is 30.3 Å². The third kappa shape index (κ3) is 13.5. The SMILES string of the molecule is CCCCCCCCCCCCC(COc1ccc([I+]c2ccccc2)cc1)OC(=O)Nc1cccc(C(F)(F)F)c1. The molecule has 0 fully saturated rings. The van der Waals surface area contributed by atoms with Crippen molar-refractivity contribution in [2.45, 2.75) is 89.8 Å². The van der Waals surface area contributed by atoms with Gasteiger partial charge in [0.25, 0.3) is 0 Å². The Bertz CT molecular complexity index is 1170. The van der Waals surface area contributed by atoms with Crippen molar-refractivity contribution in [2.75, 3.05) is 11.9 Å². The Labute approximate surface area is 258 Å². The number of hydrogen-bond donors (Lipinski definition) is 1. The number of amides is 1. The fourth-order valence-corrected chi connectivity index (χ4v) is 6.71. The van der Waals surface area contributed by atoms with Crippen molar-refractivity contribution in [3.8, 4) is 5.75 Å². The summed E-state index contributed by atoms with van der Waals surface area (Å²) < 4.78 is 53.4. The van der Waals surface area contributed by atoms with Gasteiger partial charge in [-0.15, -0.1) is 0 Å². The Balaban J connectivity index is 1.50. The Morgan fingerprint density at radius 2 is 1.40 bits per heavy atom. The van der Waals surface area contributed by atoms with E-state index >= 15 is 0 Å². The van der Waals surface area contributed by atoms with Crippen LogP contribution < -0.4 is 31.3 Å². The van der Waals surface area contributed by atoms with E-state index < -0.39 is 23.9 Å². The molecule has 228 valence electrons. The molecule has 1 unspecified atom stereocenters. The first-order chi connectivity index (χ1) is 20.3. The van der Waals surface area contributed by atoms with Crippen molar-refractivity contribution >= 4 is 11.8 Å². The third-order valence-corrected chi connectivity index (χ3v) is 9.47. The molecule has 0 aliphatic carbocycles. The first-order valence-electron chi connectivity index (χ1n) is 14.9. The molecule has 0 aliphatic rings. The van der Waals surface area contributed by atoms with Crippen LogP contribution >= 0.6 is 0 Å². The van der Waals surface area contributed by atoms with Gasteiger partial charge < -0.3 is 9.47 Å². The van der Waals surface area contributed by atoms with Crippen LogP contribution in [-0.2, 0) is 10.9 Å². The maximum absolute atomic E-state index is 13.1. The van der Waals surface area contributed by atoms with Crippen LogP contribution in [0.15, 0.2) is 78.9 Å². The van der Waals surface area contributed by atoms with Gasteiger partial charge in [0.2, 0.25) is 0 Å². The summed E-state index contributed by atoms with van der Waals surface area (Å²) in [4.78, 5) is 12.6. The number of halogens is 4. The molecule has 0 spiro atoms. The molecule has 0 radical (unpaired) electrons. The minimum Gasteiger partial charge on any atom is -0.490 e. The number of nitrogens with one attached hydrogen (secondary N) is 1. The quantitative estimate of drug-likeness (QED) is 0.114. The predicted octanol–water partition coefficient (Wildman–Crippen LogP) is 7.14. The highest BCUT2D eigenvalue weighted by atomic mass is 127. The number of anilines is 1. The molecule has 3 rings (SSSR count). The Morgan fingerprint density at radius 1 is 0.786 bits per heavy atom. The summed E-state index contributed by atoms with van der Waals surface area (Å²) in [6, 6.07) is 22.9. The van der Waals surface area contributed by atoms with E-state index in [1.165, 1.54) is 64.2 Å². The molecule has 3 aromatic carbocycles. The average molecular weight is 697 g/mol. The van der Waals surface area contributed by atoms with E-state index in [-0.39, 0.29) is 33.5 Å². The van der Waals surface area contributed by atoms with Gasteiger partial charge in [-0.1, -0.05) is 89.0 Å². The second-order valence-electron chi connectivity index (χ2n) is 10.4. The number of carbonyl (C=O) groups is 1. The van der Waals surface area contributed by atoms with E-state index in [1.54, 1.807) is 0 Å². The first kappa shape index (κ1) is 33.7. The normalized spacial score (nSPS) is 12.1. The summed E-state index contributed by atoms with van der Waals surface area (Å²) in [5.74, 6) is 0.686. The summed E-state index contributed by atoms with van der Waals surface area (Å²) in [6.07, 6.45) is 6.74. The monoisotopic (exact) mass is 696 g/mol. The van der Waals surface area contributed by atoms with Crippen molar-refractivity contribution in [2.24, 2.45) is 0 Å². The van der Waals surface area contributed by atoms with Crippen molar-refractivity contribution in [3.63, 3.8) is 0 Å². The molecule has 1 N–H and O–H groups in total. The maximum atomic E-state index is 13.1. The van der Waals surface area contributed by atoms with Crippen LogP contribution in [0, 0.1) is 7.14 Å². The van der Waals surface area contributed by atoms with E-state index in [0.29, 0.717) is 12.2 Å². The van der Waals surface area contributed by atoms with Gasteiger partial charge in [0.15, 0.2) is 7.14 Å². The number of hydrogen-bond acceptors (Lipinski definition) is 3. The number of carbonyl (C=O) groups excluding carboxylic acids is 1. The molecule has 0 saturated heterocycles. The molecule has 3 aromatic rings. The van der Waals surface area contributed by atoms with Crippen molar-refractivity contribution in [1.82, 2.24) is 0 Å². The molecule has 0 heterocycles. The molecule has 0 aromatic heterocycles. The summed E-state index contributed by atoms with van der Waals surface area (Å²) in [5.41, 5.74) is -0.797. The summed E-state index contributed by atoms with van der Waals surface area (Å²) >= 11 is -0.277. The number of benzene rings is 3. The summed E-state index contributed by atoms with van der Waals surface area (Å²) in [6.45, 7) is 2.39. The molecule has 1 atom stereocenters. The van der Waals surface area contributed by atoms with Gasteiger partial charge >= 0.3 is 33.5 Å². The molecular weight excluding hydrogens is 654 g/mol. The lowest BCUT2D eigenvalue weighted by molar-refractivity contribution is -0.597. The van der Waals surface area contributed by atoms with Crippen LogP contribution in [0.5, 0.6) is 5.75 Å². The zero-order chi connectivity index (χ0) is 30.0. The smallest absolute Gasteiger partial charge is 0.416 e. The summed E-state index contributed by atoms with van der Waals surface area (Å²) in [7, 11) is 0. The second-order valence-corrected chi connectivity index (χ2v) is 13.4. The number of alkyl halides is 3. The molecular formula is C34H42F3INO3+. The van der Waals surface area contributed by atoms with Crippen LogP contribution in [0.25, 0.3) is 0 Å². The van der Waals surface area contributed by atoms with E-state index in [0.717, 1.165) is 31.4 Å². The van der Waals surface area contributed by atoms with Crippen LogP contribution in [0.2, 0.25) is 0 Å². The lowest BCUT2D eigenvalue weighted by atomic mass is 10.0. The molecule has 0 saturated carbocycles. The van der Waals surface area contributed by atoms with Gasteiger partial charge in [-0.2, -0.15) is 13.2 Å². The van der Waals surface area contributed by atoms with Crippen LogP contribution in [0.1, 0.15) is 83.1 Å². The zero-order valence-corrected chi connectivity index (χ0v) is 26.5. The van der Waals surface area contributed by atoms with Gasteiger partial charge in [0, 0.05) is 5.69 Å². The third-order valence-electron chi connectivity index (χ3n) is 6.79. The molecule has 1 amide bonds. The molecule has 42 heavy (non-hydrogen) atoms. The Hall–Kier alpha value is -2.75. The average Bonchev–Trinajstić information content (AvgIpc) is 2.97. The first-order valence-corrected chi connectivity index (χ1v) is 17.1. The molecule has 8 heteroatoms. The molecule has 0 bridgehead atoms. The highest BCUT2D eigenvalue weighted by molar-refractivity contribution is 5.84. The summed E-state index contributed by atoms with van der Waals surface area (Å²) in [5, 5.41) is 2.44. The van der Waals surface area contributed by atoms with Crippen LogP contribution in [-0.4, -0.2) is 18.8 Å². The largest absolute Gasteiger partial charge is 0.490 e.